The molecule has 6 nitrogen and oxygen atoms in total. The van der Waals surface area contributed by atoms with Gasteiger partial charge in [0.25, 0.3) is 10.0 Å². The molecule has 0 unspecified atom stereocenters. The van der Waals surface area contributed by atoms with Gasteiger partial charge in [0.05, 0.1) is 4.47 Å². The number of hydrogen-bond donors (Lipinski definition) is 2. The van der Waals surface area contributed by atoms with Crippen LogP contribution in [0.5, 0.6) is 0 Å². The molecule has 0 saturated carbocycles. The normalized spacial score (nSPS) is 11.3. The first kappa shape index (κ1) is 15.3. The summed E-state index contributed by atoms with van der Waals surface area (Å²) in [6.07, 6.45) is 3.53. The van der Waals surface area contributed by atoms with E-state index in [1.807, 2.05) is 0 Å². The lowest BCUT2D eigenvalue weighted by atomic mass is 10.4. The Morgan fingerprint density at radius 1 is 1.30 bits per heavy atom. The lowest BCUT2D eigenvalue weighted by Crippen LogP contribution is -2.19. The Labute approximate surface area is 132 Å². The van der Waals surface area contributed by atoms with Crippen molar-refractivity contribution in [3.8, 4) is 0 Å². The molecule has 0 aliphatic heterocycles. The lowest BCUT2D eigenvalue weighted by Gasteiger charge is -2.08. The van der Waals surface area contributed by atoms with Gasteiger partial charge in [0.15, 0.2) is 0 Å². The minimum absolute atomic E-state index is 0.124. The number of pyridine rings is 2. The van der Waals surface area contributed by atoms with Crippen LogP contribution in [0, 0.1) is 0 Å². The summed E-state index contributed by atoms with van der Waals surface area (Å²) in [6, 6.07) is 1.27. The molecule has 0 radical (unpaired) electrons. The SMILES string of the molecule is O=c1c(Cl)c[nH]cc1NS(=O)(=O)c1cnc(Cl)c(Br)c1. The number of hydrogen-bond acceptors (Lipinski definition) is 4. The number of sulfonamides is 1. The number of halogens is 3. The van der Waals surface area contributed by atoms with Crippen molar-refractivity contribution < 1.29 is 8.42 Å². The Kier molecular flexibility index (Phi) is 4.38. The molecule has 0 amide bonds. The average Bonchev–Trinajstić information content (AvgIpc) is 2.38. The Balaban J connectivity index is 2.43. The molecular weight excluding hydrogens is 393 g/mol. The minimum atomic E-state index is -3.97. The molecule has 106 valence electrons. The van der Waals surface area contributed by atoms with Crippen LogP contribution in [0.25, 0.3) is 0 Å². The third-order valence-corrected chi connectivity index (χ3v) is 4.97. The Morgan fingerprint density at radius 3 is 2.65 bits per heavy atom. The number of nitrogens with one attached hydrogen (secondary N) is 2. The van der Waals surface area contributed by atoms with Crippen molar-refractivity contribution in [3.05, 3.63) is 49.5 Å². The number of anilines is 1. The van der Waals surface area contributed by atoms with Gasteiger partial charge >= 0.3 is 0 Å². The zero-order chi connectivity index (χ0) is 14.9. The molecule has 2 aromatic rings. The summed E-state index contributed by atoms with van der Waals surface area (Å²) in [4.78, 5) is 17.8. The van der Waals surface area contributed by atoms with E-state index in [4.69, 9.17) is 23.2 Å². The number of aromatic amines is 1. The molecule has 2 rings (SSSR count). The van der Waals surface area contributed by atoms with Crippen molar-refractivity contribution in [1.29, 1.82) is 0 Å². The molecular formula is C10H6BrCl2N3O3S. The molecule has 0 aliphatic rings. The van der Waals surface area contributed by atoms with E-state index >= 15 is 0 Å². The maximum Gasteiger partial charge on any atom is 0.263 e. The summed E-state index contributed by atoms with van der Waals surface area (Å²) in [5.74, 6) is 0. The largest absolute Gasteiger partial charge is 0.364 e. The smallest absolute Gasteiger partial charge is 0.263 e. The van der Waals surface area contributed by atoms with E-state index in [9.17, 15) is 13.2 Å². The van der Waals surface area contributed by atoms with E-state index in [1.54, 1.807) is 0 Å². The topological polar surface area (TPSA) is 91.9 Å². The maximum atomic E-state index is 12.1. The van der Waals surface area contributed by atoms with Crippen LogP contribution in [0.15, 0.2) is 38.8 Å². The molecule has 0 bridgehead atoms. The molecule has 0 aliphatic carbocycles. The quantitative estimate of drug-likeness (QED) is 0.777. The number of aromatic nitrogens is 2. The molecule has 0 spiro atoms. The number of nitrogens with zero attached hydrogens (tertiary/aromatic N) is 1. The summed E-state index contributed by atoms with van der Waals surface area (Å²) in [6.45, 7) is 0. The highest BCUT2D eigenvalue weighted by atomic mass is 79.9. The van der Waals surface area contributed by atoms with Crippen molar-refractivity contribution in [2.45, 2.75) is 4.90 Å². The van der Waals surface area contributed by atoms with Gasteiger partial charge in [-0.1, -0.05) is 23.2 Å². The van der Waals surface area contributed by atoms with Gasteiger partial charge < -0.3 is 4.98 Å². The van der Waals surface area contributed by atoms with Crippen LogP contribution < -0.4 is 10.2 Å². The Bertz CT molecular complexity index is 823. The first-order valence-corrected chi connectivity index (χ1v) is 8.05. The lowest BCUT2D eigenvalue weighted by molar-refractivity contribution is 0.600. The van der Waals surface area contributed by atoms with Crippen molar-refractivity contribution in [1.82, 2.24) is 9.97 Å². The van der Waals surface area contributed by atoms with Crippen LogP contribution in [0.4, 0.5) is 5.69 Å². The van der Waals surface area contributed by atoms with E-state index in [-0.39, 0.29) is 20.8 Å². The van der Waals surface area contributed by atoms with Crippen molar-refractivity contribution >= 4 is 54.8 Å². The Hall–Kier alpha value is -1.09. The fourth-order valence-corrected chi connectivity index (χ4v) is 3.08. The molecule has 2 N–H and O–H groups in total. The third-order valence-electron chi connectivity index (χ3n) is 2.23. The fraction of sp³-hybridized carbons (Fsp3) is 0. The molecule has 0 fully saturated rings. The van der Waals surface area contributed by atoms with E-state index in [1.165, 1.54) is 18.5 Å². The molecule has 2 heterocycles. The van der Waals surface area contributed by atoms with E-state index in [0.717, 1.165) is 6.20 Å². The molecule has 2 aromatic heterocycles. The molecule has 0 saturated heterocycles. The monoisotopic (exact) mass is 397 g/mol. The van der Waals surface area contributed by atoms with Crippen molar-refractivity contribution in [3.63, 3.8) is 0 Å². The second-order valence-corrected chi connectivity index (χ2v) is 6.90. The summed E-state index contributed by atoms with van der Waals surface area (Å²) < 4.78 is 26.7. The average molecular weight is 399 g/mol. The first-order valence-electron chi connectivity index (χ1n) is 5.02. The van der Waals surface area contributed by atoms with Crippen LogP contribution in [0.1, 0.15) is 0 Å². The number of H-pyrrole nitrogens is 1. The van der Waals surface area contributed by atoms with Gasteiger partial charge in [-0.25, -0.2) is 13.4 Å². The van der Waals surface area contributed by atoms with Crippen LogP contribution in [0.2, 0.25) is 10.2 Å². The zero-order valence-electron chi connectivity index (χ0n) is 9.52. The predicted molar refractivity (Wildman–Crippen MR) is 79.8 cm³/mol. The van der Waals surface area contributed by atoms with Crippen LogP contribution in [-0.2, 0) is 10.0 Å². The summed E-state index contributed by atoms with van der Waals surface area (Å²) >= 11 is 14.4. The molecule has 0 aromatic carbocycles. The van der Waals surface area contributed by atoms with Gasteiger partial charge in [-0.15, -0.1) is 0 Å². The van der Waals surface area contributed by atoms with Gasteiger partial charge in [0.1, 0.15) is 20.8 Å². The highest BCUT2D eigenvalue weighted by Gasteiger charge is 2.18. The van der Waals surface area contributed by atoms with Crippen LogP contribution in [-0.4, -0.2) is 18.4 Å². The minimum Gasteiger partial charge on any atom is -0.364 e. The third kappa shape index (κ3) is 3.14. The Morgan fingerprint density at radius 2 is 2.00 bits per heavy atom. The van der Waals surface area contributed by atoms with Crippen molar-refractivity contribution in [2.24, 2.45) is 0 Å². The van der Waals surface area contributed by atoms with E-state index < -0.39 is 15.5 Å². The van der Waals surface area contributed by atoms with Gasteiger partial charge in [0, 0.05) is 18.6 Å². The van der Waals surface area contributed by atoms with Crippen LogP contribution in [0.3, 0.4) is 0 Å². The van der Waals surface area contributed by atoms with Gasteiger partial charge in [-0.05, 0) is 22.0 Å². The van der Waals surface area contributed by atoms with Gasteiger partial charge in [-0.3, -0.25) is 9.52 Å². The first-order chi connectivity index (χ1) is 9.31. The van der Waals surface area contributed by atoms with Crippen LogP contribution >= 0.6 is 39.1 Å². The highest BCUT2D eigenvalue weighted by Crippen LogP contribution is 2.23. The zero-order valence-corrected chi connectivity index (χ0v) is 13.4. The highest BCUT2D eigenvalue weighted by molar-refractivity contribution is 9.10. The summed E-state index contributed by atoms with van der Waals surface area (Å²) in [5, 5.41) is 0.00478. The van der Waals surface area contributed by atoms with E-state index in [0.29, 0.717) is 4.47 Å². The summed E-state index contributed by atoms with van der Waals surface area (Å²) in [5.41, 5.74) is -0.821. The second-order valence-electron chi connectivity index (χ2n) is 3.60. The molecule has 0 atom stereocenters. The van der Waals surface area contributed by atoms with Gasteiger partial charge in [0.2, 0.25) is 5.43 Å². The van der Waals surface area contributed by atoms with E-state index in [2.05, 4.69) is 30.6 Å². The van der Waals surface area contributed by atoms with Crippen molar-refractivity contribution in [2.75, 3.05) is 4.72 Å². The summed E-state index contributed by atoms with van der Waals surface area (Å²) in [7, 11) is -3.97. The molecule has 10 heteroatoms. The second kappa shape index (κ2) is 5.72. The van der Waals surface area contributed by atoms with Gasteiger partial charge in [-0.2, -0.15) is 0 Å². The fourth-order valence-electron chi connectivity index (χ4n) is 1.29. The predicted octanol–water partition coefficient (Wildman–Crippen LogP) is 2.64. The maximum absolute atomic E-state index is 12.1. The number of rotatable bonds is 3. The molecule has 20 heavy (non-hydrogen) atoms. The standard InChI is InChI=1S/C10H6BrCl2N3O3S/c11-6-1-5(2-15-10(6)13)20(18,19)16-8-4-14-3-7(12)9(8)17/h1-4,16H,(H,14,17).